The van der Waals surface area contributed by atoms with Gasteiger partial charge in [0.2, 0.25) is 0 Å². The summed E-state index contributed by atoms with van der Waals surface area (Å²) >= 11 is 0. The van der Waals surface area contributed by atoms with Crippen LogP contribution in [0.2, 0.25) is 0 Å². The molecule has 3 rings (SSSR count). The molecule has 1 heterocycles. The van der Waals surface area contributed by atoms with Gasteiger partial charge in [-0.3, -0.25) is 4.79 Å². The lowest BCUT2D eigenvalue weighted by molar-refractivity contribution is -0.143. The molecule has 2 aromatic carbocycles. The summed E-state index contributed by atoms with van der Waals surface area (Å²) < 4.78 is 80.0. The smallest absolute Gasteiger partial charge is 0.336 e. The van der Waals surface area contributed by atoms with Gasteiger partial charge < -0.3 is 15.5 Å². The summed E-state index contributed by atoms with van der Waals surface area (Å²) in [4.78, 5) is 26.8. The lowest BCUT2D eigenvalue weighted by atomic mass is 9.91. The Kier molecular flexibility index (Phi) is 8.20. The number of amides is 3. The number of hydrogen-bond acceptors (Lipinski definition) is 2. The molecular formula is C25H27F6N3O2. The van der Waals surface area contributed by atoms with E-state index in [1.807, 2.05) is 12.1 Å². The second kappa shape index (κ2) is 10.8. The average molecular weight is 515 g/mol. The minimum atomic E-state index is -5.06. The molecule has 1 fully saturated rings. The molecule has 2 atom stereocenters. The highest BCUT2D eigenvalue weighted by molar-refractivity contribution is 5.95. The minimum absolute atomic E-state index is 0.00171. The molecule has 0 saturated carbocycles. The summed E-state index contributed by atoms with van der Waals surface area (Å²) in [6.45, 7) is 3.65. The Morgan fingerprint density at radius 1 is 0.972 bits per heavy atom. The fraction of sp³-hybridized carbons (Fsp3) is 0.440. The molecule has 1 aliphatic heterocycles. The van der Waals surface area contributed by atoms with E-state index in [9.17, 15) is 35.9 Å². The third-order valence-corrected chi connectivity index (χ3v) is 5.88. The number of halogens is 6. The number of carbonyl (C=O) groups is 2. The summed E-state index contributed by atoms with van der Waals surface area (Å²) in [6.07, 6.45) is -9.20. The molecule has 36 heavy (non-hydrogen) atoms. The highest BCUT2D eigenvalue weighted by atomic mass is 19.4. The molecule has 2 unspecified atom stereocenters. The molecule has 196 valence electrons. The van der Waals surface area contributed by atoms with E-state index in [2.05, 4.69) is 10.6 Å². The van der Waals surface area contributed by atoms with Gasteiger partial charge in [0.25, 0.3) is 5.91 Å². The summed E-state index contributed by atoms with van der Waals surface area (Å²) in [6, 6.07) is 8.56. The molecule has 11 heteroatoms. The largest absolute Gasteiger partial charge is 0.416 e. The maximum atomic E-state index is 13.3. The molecule has 0 spiro atoms. The standard InChI is InChI=1S/C25H27F6N3O2/c1-15(2)32-23(36)33-20-8-9-34(21(14-20)10-16-6-4-3-5-7-16)22(35)17-11-18(24(26,27)28)13-19(12-17)25(29,30)31/h3-7,11-13,15,20-21H,8-10,14H2,1-2H3,(H2,32,33,36). The normalized spacial score (nSPS) is 18.8. The predicted molar refractivity (Wildman–Crippen MR) is 121 cm³/mol. The maximum absolute atomic E-state index is 13.3. The summed E-state index contributed by atoms with van der Waals surface area (Å²) in [5.74, 6) is -0.919. The molecule has 0 radical (unpaired) electrons. The van der Waals surface area contributed by atoms with Gasteiger partial charge in [0.1, 0.15) is 0 Å². The lowest BCUT2D eigenvalue weighted by Gasteiger charge is -2.40. The van der Waals surface area contributed by atoms with Crippen LogP contribution in [0.5, 0.6) is 0 Å². The van der Waals surface area contributed by atoms with Gasteiger partial charge in [-0.05, 0) is 56.9 Å². The van der Waals surface area contributed by atoms with Crippen LogP contribution in [-0.2, 0) is 18.8 Å². The number of alkyl halides is 6. The van der Waals surface area contributed by atoms with Crippen LogP contribution in [0.25, 0.3) is 0 Å². The molecule has 2 N–H and O–H groups in total. The topological polar surface area (TPSA) is 61.4 Å². The SMILES string of the molecule is CC(C)NC(=O)NC1CCN(C(=O)c2cc(C(F)(F)F)cc(C(F)(F)F)c2)C(Cc2ccccc2)C1. The summed E-state index contributed by atoms with van der Waals surface area (Å²) in [5.41, 5.74) is -2.92. The number of nitrogens with one attached hydrogen (secondary N) is 2. The van der Waals surface area contributed by atoms with Crippen molar-refractivity contribution in [1.82, 2.24) is 15.5 Å². The van der Waals surface area contributed by atoms with Gasteiger partial charge in [-0.2, -0.15) is 26.3 Å². The average Bonchev–Trinajstić information content (AvgIpc) is 2.77. The zero-order valence-corrected chi connectivity index (χ0v) is 19.7. The van der Waals surface area contributed by atoms with Crippen LogP contribution in [0, 0.1) is 0 Å². The van der Waals surface area contributed by atoms with Crippen molar-refractivity contribution in [3.63, 3.8) is 0 Å². The first-order valence-electron chi connectivity index (χ1n) is 11.5. The Labute approximate surface area is 204 Å². The zero-order chi connectivity index (χ0) is 26.7. The second-order valence-electron chi connectivity index (χ2n) is 9.13. The number of rotatable bonds is 5. The molecule has 0 aliphatic carbocycles. The monoisotopic (exact) mass is 515 g/mol. The molecular weight excluding hydrogens is 488 g/mol. The van der Waals surface area contributed by atoms with Crippen LogP contribution in [0.15, 0.2) is 48.5 Å². The van der Waals surface area contributed by atoms with Crippen molar-refractivity contribution in [3.8, 4) is 0 Å². The lowest BCUT2D eigenvalue weighted by Crippen LogP contribution is -2.54. The van der Waals surface area contributed by atoms with Crippen molar-refractivity contribution in [3.05, 3.63) is 70.8 Å². The van der Waals surface area contributed by atoms with Crippen molar-refractivity contribution in [2.75, 3.05) is 6.54 Å². The molecule has 5 nitrogen and oxygen atoms in total. The van der Waals surface area contributed by atoms with Crippen molar-refractivity contribution in [2.45, 2.75) is 63.6 Å². The van der Waals surface area contributed by atoms with Crippen LogP contribution in [0.3, 0.4) is 0 Å². The van der Waals surface area contributed by atoms with Gasteiger partial charge in [0.05, 0.1) is 11.1 Å². The number of likely N-dealkylation sites (tertiary alicyclic amines) is 1. The predicted octanol–water partition coefficient (Wildman–Crippen LogP) is 5.65. The fourth-order valence-electron chi connectivity index (χ4n) is 4.26. The van der Waals surface area contributed by atoms with Crippen LogP contribution < -0.4 is 10.6 Å². The van der Waals surface area contributed by atoms with Crippen molar-refractivity contribution >= 4 is 11.9 Å². The first-order chi connectivity index (χ1) is 16.7. The van der Waals surface area contributed by atoms with E-state index in [1.165, 1.54) is 4.90 Å². The number of nitrogens with zero attached hydrogens (tertiary/aromatic N) is 1. The molecule has 0 bridgehead atoms. The van der Waals surface area contributed by atoms with Gasteiger partial charge in [-0.15, -0.1) is 0 Å². The van der Waals surface area contributed by atoms with E-state index >= 15 is 0 Å². The van der Waals surface area contributed by atoms with Crippen molar-refractivity contribution < 1.29 is 35.9 Å². The second-order valence-corrected chi connectivity index (χ2v) is 9.13. The molecule has 1 aliphatic rings. The first-order valence-corrected chi connectivity index (χ1v) is 11.5. The van der Waals surface area contributed by atoms with Crippen LogP contribution in [0.1, 0.15) is 53.7 Å². The van der Waals surface area contributed by atoms with Crippen molar-refractivity contribution in [1.29, 1.82) is 0 Å². The zero-order valence-electron chi connectivity index (χ0n) is 19.7. The van der Waals surface area contributed by atoms with E-state index in [0.29, 0.717) is 25.0 Å². The third kappa shape index (κ3) is 7.14. The van der Waals surface area contributed by atoms with E-state index in [0.717, 1.165) is 5.56 Å². The van der Waals surface area contributed by atoms with Crippen LogP contribution in [-0.4, -0.2) is 41.5 Å². The van der Waals surface area contributed by atoms with Gasteiger partial charge >= 0.3 is 18.4 Å². The highest BCUT2D eigenvalue weighted by Gasteiger charge is 2.39. The third-order valence-electron chi connectivity index (χ3n) is 5.88. The number of piperidine rings is 1. The number of hydrogen-bond donors (Lipinski definition) is 2. The van der Waals surface area contributed by atoms with Crippen LogP contribution in [0.4, 0.5) is 31.1 Å². The van der Waals surface area contributed by atoms with E-state index in [1.54, 1.807) is 32.0 Å². The Morgan fingerprint density at radius 3 is 2.08 bits per heavy atom. The van der Waals surface area contributed by atoms with Crippen molar-refractivity contribution in [2.24, 2.45) is 0 Å². The minimum Gasteiger partial charge on any atom is -0.336 e. The Hall–Kier alpha value is -3.24. The Bertz CT molecular complexity index is 1040. The Morgan fingerprint density at radius 2 is 1.56 bits per heavy atom. The fourth-order valence-corrected chi connectivity index (χ4v) is 4.26. The highest BCUT2D eigenvalue weighted by Crippen LogP contribution is 2.37. The summed E-state index contributed by atoms with van der Waals surface area (Å²) in [5, 5.41) is 5.55. The van der Waals surface area contributed by atoms with E-state index in [4.69, 9.17) is 0 Å². The first kappa shape index (κ1) is 27.3. The molecule has 3 amide bonds. The van der Waals surface area contributed by atoms with Crippen LogP contribution >= 0.6 is 0 Å². The maximum Gasteiger partial charge on any atom is 0.416 e. The Balaban J connectivity index is 1.92. The number of urea groups is 1. The molecule has 1 saturated heterocycles. The molecule has 0 aromatic heterocycles. The summed E-state index contributed by atoms with van der Waals surface area (Å²) in [7, 11) is 0. The number of benzene rings is 2. The number of carbonyl (C=O) groups excluding carboxylic acids is 2. The van der Waals surface area contributed by atoms with Gasteiger partial charge in [0, 0.05) is 30.2 Å². The van der Waals surface area contributed by atoms with Gasteiger partial charge in [-0.25, -0.2) is 4.79 Å². The van der Waals surface area contributed by atoms with Gasteiger partial charge in [0.15, 0.2) is 0 Å². The van der Waals surface area contributed by atoms with E-state index < -0.39 is 41.0 Å². The van der Waals surface area contributed by atoms with Gasteiger partial charge in [-0.1, -0.05) is 30.3 Å². The quantitative estimate of drug-likeness (QED) is 0.506. The van der Waals surface area contributed by atoms with E-state index in [-0.39, 0.29) is 37.1 Å². The molecule has 2 aromatic rings.